The lowest BCUT2D eigenvalue weighted by Crippen LogP contribution is -2.58. The van der Waals surface area contributed by atoms with Gasteiger partial charge in [0.05, 0.1) is 6.26 Å². The zero-order valence-corrected chi connectivity index (χ0v) is 21.8. The van der Waals surface area contributed by atoms with Gasteiger partial charge in [-0.2, -0.15) is 0 Å². The highest BCUT2D eigenvalue weighted by Crippen LogP contribution is 2.78. The monoisotopic (exact) mass is 498 g/mol. The van der Waals surface area contributed by atoms with Gasteiger partial charge in [0, 0.05) is 30.7 Å². The highest BCUT2D eigenvalue weighted by Gasteiger charge is 2.84. The minimum atomic E-state index is -0.381. The molecule has 7 heteroatoms. The van der Waals surface area contributed by atoms with Crippen molar-refractivity contribution in [2.45, 2.75) is 109 Å². The quantitative estimate of drug-likeness (QED) is 0.436. The second kappa shape index (κ2) is 8.17. The van der Waals surface area contributed by atoms with Gasteiger partial charge in [0.15, 0.2) is 0 Å². The summed E-state index contributed by atoms with van der Waals surface area (Å²) in [5.74, 6) is 1.01. The van der Waals surface area contributed by atoms with Gasteiger partial charge >= 0.3 is 17.6 Å². The number of ether oxygens (including phenoxy) is 3. The molecular weight excluding hydrogens is 460 g/mol. The maximum atomic E-state index is 12.2. The molecule has 1 aliphatic heterocycles. The van der Waals surface area contributed by atoms with E-state index in [1.807, 2.05) is 13.0 Å². The summed E-state index contributed by atoms with van der Waals surface area (Å²) in [5, 5.41) is 0. The van der Waals surface area contributed by atoms with Crippen LogP contribution in [0.3, 0.4) is 0 Å². The average Bonchev–Trinajstić information content (AvgIpc) is 3.54. The number of epoxide rings is 1. The van der Waals surface area contributed by atoms with Crippen molar-refractivity contribution in [1.29, 1.82) is 0 Å². The van der Waals surface area contributed by atoms with E-state index in [9.17, 15) is 14.4 Å². The molecule has 7 nitrogen and oxygen atoms in total. The molecule has 196 valence electrons. The first kappa shape index (κ1) is 24.2. The molecule has 0 unspecified atom stereocenters. The standard InChI is InChI=1S/C29H38O7/c1-5-22(31)35-19-10-12-27(3)18(14-19)7-8-21-20(27)11-13-28(4)24(17-6-9-23(32)33-15-17)25(34-16(2)30)26-29(21,28)36-26/h6,9,15,18-21,24-26H,5,7-8,10-14H2,1-4H3/t18-,19+,20+,21-,24+,25-,26-,27+,28-,29-/m1/s1. The summed E-state index contributed by atoms with van der Waals surface area (Å²) in [4.78, 5) is 35.8. The Morgan fingerprint density at radius 3 is 2.56 bits per heavy atom. The summed E-state index contributed by atoms with van der Waals surface area (Å²) in [6.07, 6.45) is 8.73. The largest absolute Gasteiger partial charge is 0.462 e. The van der Waals surface area contributed by atoms with E-state index in [-0.39, 0.29) is 58.2 Å². The maximum Gasteiger partial charge on any atom is 0.335 e. The number of carbonyl (C=O) groups is 2. The Kier molecular flexibility index (Phi) is 5.50. The zero-order valence-electron chi connectivity index (χ0n) is 21.8. The van der Waals surface area contributed by atoms with Crippen LogP contribution in [0.1, 0.15) is 90.5 Å². The Balaban J connectivity index is 1.32. The smallest absolute Gasteiger partial charge is 0.335 e. The van der Waals surface area contributed by atoms with Crippen molar-refractivity contribution in [1.82, 2.24) is 0 Å². The summed E-state index contributed by atoms with van der Waals surface area (Å²) in [5.41, 5.74) is 0.193. The average molecular weight is 499 g/mol. The first-order chi connectivity index (χ1) is 17.1. The molecule has 0 radical (unpaired) electrons. The lowest BCUT2D eigenvalue weighted by Gasteiger charge is -2.61. The fourth-order valence-electron chi connectivity index (χ4n) is 9.46. The number of hydrogen-bond donors (Lipinski definition) is 0. The van der Waals surface area contributed by atoms with Crippen molar-refractivity contribution in [3.8, 4) is 0 Å². The third kappa shape index (κ3) is 3.23. The van der Waals surface area contributed by atoms with Crippen molar-refractivity contribution in [2.24, 2.45) is 28.6 Å². The van der Waals surface area contributed by atoms with Crippen LogP contribution in [0.5, 0.6) is 0 Å². The summed E-state index contributed by atoms with van der Waals surface area (Å²) >= 11 is 0. The van der Waals surface area contributed by atoms with Crippen molar-refractivity contribution in [3.63, 3.8) is 0 Å². The van der Waals surface area contributed by atoms with Gasteiger partial charge in [-0.05, 0) is 79.7 Å². The Morgan fingerprint density at radius 1 is 1.06 bits per heavy atom. The number of fused-ring (bicyclic) bond motifs is 3. The third-order valence-electron chi connectivity index (χ3n) is 11.0. The molecule has 6 rings (SSSR count). The van der Waals surface area contributed by atoms with Crippen molar-refractivity contribution < 1.29 is 28.2 Å². The van der Waals surface area contributed by atoms with E-state index in [2.05, 4.69) is 13.8 Å². The molecule has 1 saturated heterocycles. The molecule has 36 heavy (non-hydrogen) atoms. The van der Waals surface area contributed by atoms with Gasteiger partial charge in [-0.3, -0.25) is 9.59 Å². The predicted molar refractivity (Wildman–Crippen MR) is 130 cm³/mol. The number of hydrogen-bond acceptors (Lipinski definition) is 7. The zero-order chi connectivity index (χ0) is 25.5. The van der Waals surface area contributed by atoms with Gasteiger partial charge in [0.1, 0.15) is 23.9 Å². The molecule has 1 aromatic heterocycles. The van der Waals surface area contributed by atoms with Gasteiger partial charge in [-0.25, -0.2) is 4.79 Å². The fourth-order valence-corrected chi connectivity index (χ4v) is 9.46. The SMILES string of the molecule is CCC(=O)O[C@H]1CC[C@@]2(C)[C@H](CC[C@@H]3[C@@H]2CC[C@]2(C)[C@@H](c4ccc(=O)oc4)[C@@H](OC(C)=O)[C@H]4O[C@]342)C1. The molecule has 2 heterocycles. The molecule has 1 spiro atoms. The molecule has 0 amide bonds. The Hall–Kier alpha value is -2.15. The molecule has 10 atom stereocenters. The Morgan fingerprint density at radius 2 is 1.86 bits per heavy atom. The van der Waals surface area contributed by atoms with Gasteiger partial charge in [-0.1, -0.05) is 20.8 Å². The first-order valence-corrected chi connectivity index (χ1v) is 13.8. The molecule has 5 fully saturated rings. The second-order valence-corrected chi connectivity index (χ2v) is 12.5. The topological polar surface area (TPSA) is 95.3 Å². The second-order valence-electron chi connectivity index (χ2n) is 12.5. The van der Waals surface area contributed by atoms with E-state index in [4.69, 9.17) is 18.6 Å². The molecule has 4 aliphatic carbocycles. The lowest BCUT2D eigenvalue weighted by molar-refractivity contribution is -0.168. The van der Waals surface area contributed by atoms with Crippen LogP contribution < -0.4 is 5.63 Å². The van der Waals surface area contributed by atoms with Gasteiger partial charge in [0.2, 0.25) is 0 Å². The molecule has 1 aromatic rings. The first-order valence-electron chi connectivity index (χ1n) is 13.8. The van der Waals surface area contributed by atoms with E-state index in [1.165, 1.54) is 13.0 Å². The summed E-state index contributed by atoms with van der Waals surface area (Å²) in [6.45, 7) is 8.08. The van der Waals surface area contributed by atoms with E-state index in [1.54, 1.807) is 6.26 Å². The summed E-state index contributed by atoms with van der Waals surface area (Å²) in [6, 6.07) is 3.29. The highest BCUT2D eigenvalue weighted by molar-refractivity contribution is 5.69. The molecule has 4 saturated carbocycles. The van der Waals surface area contributed by atoms with Crippen LogP contribution in [0.15, 0.2) is 27.6 Å². The minimum Gasteiger partial charge on any atom is -0.462 e. The highest BCUT2D eigenvalue weighted by atomic mass is 16.7. The third-order valence-corrected chi connectivity index (χ3v) is 11.0. The Bertz CT molecular complexity index is 1110. The predicted octanol–water partition coefficient (Wildman–Crippen LogP) is 4.76. The van der Waals surface area contributed by atoms with Crippen LogP contribution in [-0.4, -0.2) is 35.9 Å². The van der Waals surface area contributed by atoms with Crippen LogP contribution in [-0.2, 0) is 23.8 Å². The van der Waals surface area contributed by atoms with Gasteiger partial charge in [0.25, 0.3) is 0 Å². The van der Waals surface area contributed by atoms with Crippen LogP contribution in [0.2, 0.25) is 0 Å². The van der Waals surface area contributed by atoms with E-state index >= 15 is 0 Å². The molecular formula is C29H38O7. The van der Waals surface area contributed by atoms with Crippen LogP contribution in [0, 0.1) is 28.6 Å². The normalized spacial score (nSPS) is 46.5. The maximum absolute atomic E-state index is 12.2. The van der Waals surface area contributed by atoms with E-state index in [0.29, 0.717) is 24.2 Å². The fraction of sp³-hybridized carbons (Fsp3) is 0.759. The van der Waals surface area contributed by atoms with Gasteiger partial charge in [-0.15, -0.1) is 0 Å². The lowest BCUT2D eigenvalue weighted by atomic mass is 9.44. The molecule has 0 bridgehead atoms. The van der Waals surface area contributed by atoms with Crippen molar-refractivity contribution in [3.05, 3.63) is 34.4 Å². The molecule has 0 N–H and O–H groups in total. The molecule has 5 aliphatic rings. The Labute approximate surface area is 212 Å². The summed E-state index contributed by atoms with van der Waals surface area (Å²) < 4.78 is 23.7. The van der Waals surface area contributed by atoms with Crippen LogP contribution >= 0.6 is 0 Å². The van der Waals surface area contributed by atoms with Crippen molar-refractivity contribution >= 4 is 11.9 Å². The van der Waals surface area contributed by atoms with Crippen LogP contribution in [0.25, 0.3) is 0 Å². The number of rotatable bonds is 4. The van der Waals surface area contributed by atoms with Crippen molar-refractivity contribution in [2.75, 3.05) is 0 Å². The van der Waals surface area contributed by atoms with Gasteiger partial charge < -0.3 is 18.6 Å². The number of esters is 2. The molecule has 0 aromatic carbocycles. The number of carbonyl (C=O) groups excluding carboxylic acids is 2. The van der Waals surface area contributed by atoms with E-state index < -0.39 is 0 Å². The minimum absolute atomic E-state index is 0.0426. The summed E-state index contributed by atoms with van der Waals surface area (Å²) in [7, 11) is 0. The van der Waals surface area contributed by atoms with Crippen LogP contribution in [0.4, 0.5) is 0 Å². The van der Waals surface area contributed by atoms with E-state index in [0.717, 1.165) is 50.5 Å².